The third kappa shape index (κ3) is 3.25. The van der Waals surface area contributed by atoms with E-state index in [0.29, 0.717) is 23.5 Å². The van der Waals surface area contributed by atoms with Crippen molar-refractivity contribution in [3.05, 3.63) is 41.7 Å². The molecule has 5 N–H and O–H groups in total. The van der Waals surface area contributed by atoms with Gasteiger partial charge in [0.1, 0.15) is 0 Å². The molecule has 0 radical (unpaired) electrons. The second-order valence-corrected chi connectivity index (χ2v) is 4.32. The van der Waals surface area contributed by atoms with Gasteiger partial charge < -0.3 is 16.8 Å². The average Bonchev–Trinajstić information content (AvgIpc) is 2.77. The van der Waals surface area contributed by atoms with Crippen LogP contribution in [0, 0.1) is 0 Å². The van der Waals surface area contributed by atoms with Crippen molar-refractivity contribution >= 4 is 17.3 Å². The van der Waals surface area contributed by atoms with Crippen molar-refractivity contribution in [3.8, 4) is 0 Å². The number of carbonyl (C=O) groups is 1. The number of hydrogen-bond donors (Lipinski definition) is 3. The molecule has 1 aromatic carbocycles. The molecule has 6 heteroatoms. The first-order valence-corrected chi connectivity index (χ1v) is 5.98. The lowest BCUT2D eigenvalue weighted by atomic mass is 10.1. The van der Waals surface area contributed by atoms with Crippen molar-refractivity contribution in [1.29, 1.82) is 0 Å². The Hall–Kier alpha value is -2.50. The molecule has 1 heterocycles. The van der Waals surface area contributed by atoms with Crippen LogP contribution < -0.4 is 16.8 Å². The molecule has 0 aliphatic rings. The predicted octanol–water partition coefficient (Wildman–Crippen LogP) is 0.756. The summed E-state index contributed by atoms with van der Waals surface area (Å²) in [7, 11) is 1.88. The van der Waals surface area contributed by atoms with E-state index in [0.717, 1.165) is 12.1 Å². The fourth-order valence-corrected chi connectivity index (χ4v) is 1.78. The fraction of sp³-hybridized carbons (Fsp3) is 0.231. The van der Waals surface area contributed by atoms with Crippen molar-refractivity contribution in [2.45, 2.75) is 6.42 Å². The zero-order valence-electron chi connectivity index (χ0n) is 10.8. The zero-order chi connectivity index (χ0) is 13.8. The lowest BCUT2D eigenvalue weighted by Gasteiger charge is -2.09. The molecule has 0 fully saturated rings. The Balaban J connectivity index is 1.99. The normalized spacial score (nSPS) is 10.4. The number of nitrogens with zero attached hydrogens (tertiary/aromatic N) is 2. The molecule has 2 rings (SSSR count). The van der Waals surface area contributed by atoms with Crippen molar-refractivity contribution in [2.75, 3.05) is 17.6 Å². The van der Waals surface area contributed by atoms with Crippen LogP contribution in [0.2, 0.25) is 0 Å². The SMILES string of the molecule is Cn1ccc(CCNc2cc(C(N)=O)ccc2N)n1. The average molecular weight is 259 g/mol. The third-order valence-electron chi connectivity index (χ3n) is 2.80. The largest absolute Gasteiger partial charge is 0.397 e. The van der Waals surface area contributed by atoms with E-state index in [1.165, 1.54) is 0 Å². The molecule has 6 nitrogen and oxygen atoms in total. The number of nitrogen functional groups attached to an aromatic ring is 1. The van der Waals surface area contributed by atoms with Gasteiger partial charge in [0, 0.05) is 31.8 Å². The molecule has 0 aliphatic carbocycles. The second-order valence-electron chi connectivity index (χ2n) is 4.32. The van der Waals surface area contributed by atoms with Crippen LogP contribution in [-0.2, 0) is 13.5 Å². The minimum absolute atomic E-state index is 0.439. The summed E-state index contributed by atoms with van der Waals surface area (Å²) in [6, 6.07) is 6.91. The van der Waals surface area contributed by atoms with Crippen LogP contribution in [0.5, 0.6) is 0 Å². The van der Waals surface area contributed by atoms with E-state index in [-0.39, 0.29) is 0 Å². The molecular weight excluding hydrogens is 242 g/mol. The molecule has 0 spiro atoms. The van der Waals surface area contributed by atoms with Crippen LogP contribution in [0.15, 0.2) is 30.5 Å². The van der Waals surface area contributed by atoms with Crippen molar-refractivity contribution in [3.63, 3.8) is 0 Å². The van der Waals surface area contributed by atoms with E-state index in [9.17, 15) is 4.79 Å². The number of anilines is 2. The zero-order valence-corrected chi connectivity index (χ0v) is 10.8. The monoisotopic (exact) mass is 259 g/mol. The van der Waals surface area contributed by atoms with E-state index in [4.69, 9.17) is 11.5 Å². The Bertz CT molecular complexity index is 590. The van der Waals surface area contributed by atoms with Crippen molar-refractivity contribution in [1.82, 2.24) is 9.78 Å². The molecule has 0 bridgehead atoms. The first-order chi connectivity index (χ1) is 9.06. The number of amides is 1. The highest BCUT2D eigenvalue weighted by Crippen LogP contribution is 2.19. The number of primary amides is 1. The smallest absolute Gasteiger partial charge is 0.248 e. The molecule has 0 saturated heterocycles. The summed E-state index contributed by atoms with van der Waals surface area (Å²) in [5.41, 5.74) is 13.8. The molecule has 0 aliphatic heterocycles. The highest BCUT2D eigenvalue weighted by Gasteiger charge is 2.05. The maximum atomic E-state index is 11.1. The van der Waals surface area contributed by atoms with E-state index in [1.54, 1.807) is 22.9 Å². The number of hydrogen-bond acceptors (Lipinski definition) is 4. The lowest BCUT2D eigenvalue weighted by Crippen LogP contribution is -2.13. The molecular formula is C13H17N5O. The van der Waals surface area contributed by atoms with Gasteiger partial charge in [0.15, 0.2) is 0 Å². The highest BCUT2D eigenvalue weighted by atomic mass is 16.1. The summed E-state index contributed by atoms with van der Waals surface area (Å²) in [4.78, 5) is 11.1. The van der Waals surface area contributed by atoms with Gasteiger partial charge in [-0.25, -0.2) is 0 Å². The van der Waals surface area contributed by atoms with Gasteiger partial charge in [-0.1, -0.05) is 0 Å². The van der Waals surface area contributed by atoms with Gasteiger partial charge in [-0.3, -0.25) is 9.48 Å². The molecule has 0 unspecified atom stereocenters. The summed E-state index contributed by atoms with van der Waals surface area (Å²) in [5, 5.41) is 7.47. The minimum atomic E-state index is -0.465. The molecule has 0 atom stereocenters. The van der Waals surface area contributed by atoms with Crippen molar-refractivity contribution < 1.29 is 4.79 Å². The van der Waals surface area contributed by atoms with E-state index < -0.39 is 5.91 Å². The van der Waals surface area contributed by atoms with Gasteiger partial charge in [0.2, 0.25) is 5.91 Å². The van der Waals surface area contributed by atoms with Gasteiger partial charge in [-0.2, -0.15) is 5.10 Å². The maximum Gasteiger partial charge on any atom is 0.248 e. The van der Waals surface area contributed by atoms with Crippen LogP contribution >= 0.6 is 0 Å². The first kappa shape index (κ1) is 12.9. The number of aryl methyl sites for hydroxylation is 1. The highest BCUT2D eigenvalue weighted by molar-refractivity contribution is 5.94. The Morgan fingerprint density at radius 1 is 1.42 bits per heavy atom. The molecule has 1 aromatic heterocycles. The summed E-state index contributed by atoms with van der Waals surface area (Å²) in [6.45, 7) is 0.684. The maximum absolute atomic E-state index is 11.1. The van der Waals surface area contributed by atoms with Crippen LogP contribution in [0.25, 0.3) is 0 Å². The summed E-state index contributed by atoms with van der Waals surface area (Å²) >= 11 is 0. The van der Waals surface area contributed by atoms with Gasteiger partial charge in [0.05, 0.1) is 17.1 Å². The fourth-order valence-electron chi connectivity index (χ4n) is 1.78. The third-order valence-corrected chi connectivity index (χ3v) is 2.80. The Morgan fingerprint density at radius 2 is 2.21 bits per heavy atom. The Kier molecular flexibility index (Phi) is 3.70. The number of nitrogens with one attached hydrogen (secondary N) is 1. The summed E-state index contributed by atoms with van der Waals surface area (Å²) in [6.07, 6.45) is 2.68. The van der Waals surface area contributed by atoms with Crippen LogP contribution in [0.3, 0.4) is 0 Å². The molecule has 19 heavy (non-hydrogen) atoms. The van der Waals surface area contributed by atoms with E-state index >= 15 is 0 Å². The van der Waals surface area contributed by atoms with Crippen molar-refractivity contribution in [2.24, 2.45) is 12.8 Å². The van der Waals surface area contributed by atoms with Crippen LogP contribution in [0.4, 0.5) is 11.4 Å². The van der Waals surface area contributed by atoms with Gasteiger partial charge in [0.25, 0.3) is 0 Å². The quantitative estimate of drug-likeness (QED) is 0.690. The summed E-state index contributed by atoms with van der Waals surface area (Å²) in [5.74, 6) is -0.465. The topological polar surface area (TPSA) is 99.0 Å². The molecule has 0 saturated carbocycles. The molecule has 1 amide bonds. The van der Waals surface area contributed by atoms with E-state index in [1.807, 2.05) is 19.3 Å². The first-order valence-electron chi connectivity index (χ1n) is 5.98. The Labute approximate surface area is 111 Å². The predicted molar refractivity (Wildman–Crippen MR) is 74.8 cm³/mol. The number of nitrogens with two attached hydrogens (primary N) is 2. The van der Waals surface area contributed by atoms with Crippen LogP contribution in [0.1, 0.15) is 16.1 Å². The van der Waals surface area contributed by atoms with Gasteiger partial charge in [-0.15, -0.1) is 0 Å². The Morgan fingerprint density at radius 3 is 2.84 bits per heavy atom. The molecule has 2 aromatic rings. The minimum Gasteiger partial charge on any atom is -0.397 e. The van der Waals surface area contributed by atoms with Crippen LogP contribution in [-0.4, -0.2) is 22.2 Å². The second kappa shape index (κ2) is 5.43. The van der Waals surface area contributed by atoms with Gasteiger partial charge in [-0.05, 0) is 24.3 Å². The number of aromatic nitrogens is 2. The summed E-state index contributed by atoms with van der Waals surface area (Å²) < 4.78 is 1.76. The number of rotatable bonds is 5. The van der Waals surface area contributed by atoms with E-state index in [2.05, 4.69) is 10.4 Å². The number of benzene rings is 1. The number of carbonyl (C=O) groups excluding carboxylic acids is 1. The van der Waals surface area contributed by atoms with Gasteiger partial charge >= 0.3 is 0 Å². The standard InChI is InChI=1S/C13H17N5O/c1-18-7-5-10(17-18)4-6-16-12-8-9(13(15)19)2-3-11(12)14/h2-3,5,7-8,16H,4,6,14H2,1H3,(H2,15,19). The lowest BCUT2D eigenvalue weighted by molar-refractivity contribution is 0.100. The molecule has 100 valence electrons.